The van der Waals surface area contributed by atoms with E-state index in [1.165, 1.54) is 98.4 Å². The van der Waals surface area contributed by atoms with E-state index in [-0.39, 0.29) is 0 Å². The smallest absolute Gasteiger partial charge is 0.0726 e. The van der Waals surface area contributed by atoms with E-state index in [2.05, 4.69) is 219 Å². The van der Waals surface area contributed by atoms with Gasteiger partial charge >= 0.3 is 0 Å². The molecular weight excluding hydrogens is 761 g/mol. The van der Waals surface area contributed by atoms with Crippen molar-refractivity contribution in [3.8, 4) is 55.9 Å². The Morgan fingerprint density at radius 3 is 1.40 bits per heavy atom. The molecule has 0 fully saturated rings. The van der Waals surface area contributed by atoms with Gasteiger partial charge in [-0.2, -0.15) is 0 Å². The molecule has 0 radical (unpaired) electrons. The Kier molecular flexibility index (Phi) is 7.07. The number of hydrogen-bond donors (Lipinski definition) is 0. The molecule has 0 N–H and O–H groups in total. The second kappa shape index (κ2) is 12.9. The molecule has 1 spiro atoms. The second-order valence-electron chi connectivity index (χ2n) is 17.3. The first kappa shape index (κ1) is 34.5. The van der Waals surface area contributed by atoms with Gasteiger partial charge in [0.1, 0.15) is 0 Å². The predicted molar refractivity (Wildman–Crippen MR) is 262 cm³/mol. The minimum absolute atomic E-state index is 0.505. The number of hydrogen-bond acceptors (Lipinski definition) is 2. The molecule has 2 aromatic heterocycles. The summed E-state index contributed by atoms with van der Waals surface area (Å²) in [5.41, 5.74) is 16.2. The van der Waals surface area contributed by atoms with Crippen LogP contribution in [0.25, 0.3) is 110 Å². The van der Waals surface area contributed by atoms with Crippen LogP contribution in [0, 0.1) is 0 Å². The van der Waals surface area contributed by atoms with Crippen molar-refractivity contribution in [3.63, 3.8) is 0 Å². The van der Waals surface area contributed by atoms with Crippen molar-refractivity contribution in [2.24, 2.45) is 0 Å². The summed E-state index contributed by atoms with van der Waals surface area (Å²) < 4.78 is 0. The molecule has 0 saturated carbocycles. The van der Waals surface area contributed by atoms with Gasteiger partial charge in [-0.15, -0.1) is 0 Å². The maximum atomic E-state index is 5.20. The van der Waals surface area contributed by atoms with Crippen molar-refractivity contribution in [2.75, 3.05) is 0 Å². The van der Waals surface area contributed by atoms with E-state index < -0.39 is 5.41 Å². The van der Waals surface area contributed by atoms with Gasteiger partial charge in [-0.1, -0.05) is 158 Å². The molecule has 2 aliphatic carbocycles. The molecule has 12 aromatic rings. The lowest BCUT2D eigenvalue weighted by molar-refractivity contribution is 0.797. The topological polar surface area (TPSA) is 25.8 Å². The zero-order valence-electron chi connectivity index (χ0n) is 34.2. The summed E-state index contributed by atoms with van der Waals surface area (Å²) in [7, 11) is 0. The van der Waals surface area contributed by atoms with E-state index in [4.69, 9.17) is 9.97 Å². The summed E-state index contributed by atoms with van der Waals surface area (Å²) in [4.78, 5) is 10.3. The largest absolute Gasteiger partial charge is 0.256 e. The first-order valence-corrected chi connectivity index (χ1v) is 21.8. The van der Waals surface area contributed by atoms with Crippen molar-refractivity contribution in [1.82, 2.24) is 9.97 Å². The number of benzene rings is 10. The zero-order valence-corrected chi connectivity index (χ0v) is 34.2. The quantitative estimate of drug-likeness (QED) is 0.166. The number of fused-ring (bicyclic) bond motifs is 11. The fraction of sp³-hybridized carbons (Fsp3) is 0.0164. The van der Waals surface area contributed by atoms with E-state index in [0.29, 0.717) is 0 Å². The Morgan fingerprint density at radius 2 is 0.762 bits per heavy atom. The van der Waals surface area contributed by atoms with Crippen LogP contribution in [0.15, 0.2) is 219 Å². The molecule has 290 valence electrons. The molecule has 0 saturated heterocycles. The van der Waals surface area contributed by atoms with Crippen molar-refractivity contribution < 1.29 is 0 Å². The molecule has 10 aromatic carbocycles. The average Bonchev–Trinajstić information content (AvgIpc) is 3.83. The predicted octanol–water partition coefficient (Wildman–Crippen LogP) is 15.6. The highest BCUT2D eigenvalue weighted by molar-refractivity contribution is 6.19. The fourth-order valence-corrected chi connectivity index (χ4v) is 11.3. The molecule has 2 nitrogen and oxygen atoms in total. The lowest BCUT2D eigenvalue weighted by atomic mass is 9.69. The van der Waals surface area contributed by atoms with Crippen LogP contribution in [0.2, 0.25) is 0 Å². The number of aromatic nitrogens is 2. The molecule has 0 bridgehead atoms. The normalized spacial score (nSPS) is 13.2. The summed E-state index contributed by atoms with van der Waals surface area (Å²) in [6, 6.07) is 76.1. The number of rotatable bonds is 4. The standard InChI is InChI=1S/C61H36N2/c1-2-12-38-29-40(22-21-37(38)11-1)57-27-25-43(35-62-57)45-30-41-23-24-42-31-46(44-26-28-58(63-36-44)52-32-39-13-3-4-14-47(39)48-15-5-6-16-49(48)52)34-56-60(42)59(41)55(33-45)61(56)53-19-9-7-17-50(53)51-18-8-10-20-54(51)61/h1-36H. The number of pyridine rings is 2. The first-order valence-electron chi connectivity index (χ1n) is 21.8. The van der Waals surface area contributed by atoms with Gasteiger partial charge in [0.25, 0.3) is 0 Å². The summed E-state index contributed by atoms with van der Waals surface area (Å²) in [6.45, 7) is 0. The van der Waals surface area contributed by atoms with Crippen molar-refractivity contribution in [1.29, 1.82) is 0 Å². The summed E-state index contributed by atoms with van der Waals surface area (Å²) in [5.74, 6) is 0. The van der Waals surface area contributed by atoms with Crippen LogP contribution < -0.4 is 0 Å². The Balaban J connectivity index is 0.944. The highest BCUT2D eigenvalue weighted by Crippen LogP contribution is 2.63. The van der Waals surface area contributed by atoms with Crippen LogP contribution in [-0.4, -0.2) is 9.97 Å². The highest BCUT2D eigenvalue weighted by Gasteiger charge is 2.51. The maximum absolute atomic E-state index is 5.20. The lowest BCUT2D eigenvalue weighted by Gasteiger charge is -2.31. The van der Waals surface area contributed by atoms with Gasteiger partial charge in [-0.3, -0.25) is 9.97 Å². The third-order valence-electron chi connectivity index (χ3n) is 14.1. The SMILES string of the molecule is c1ccc2c(c1)-c1ccccc1C21c2cc(-c3ccc(-c4ccc5ccccc5c4)nc3)cc3ccc4cc(-c5ccc(-c6cc7ccccc7c7ccccc67)nc5)cc1c4c23. The van der Waals surface area contributed by atoms with Crippen molar-refractivity contribution in [3.05, 3.63) is 241 Å². The highest BCUT2D eigenvalue weighted by atomic mass is 14.7. The van der Waals surface area contributed by atoms with Gasteiger partial charge in [-0.05, 0) is 147 Å². The lowest BCUT2D eigenvalue weighted by Crippen LogP contribution is -2.26. The Labute approximate surface area is 364 Å². The Bertz CT molecular complexity index is 3850. The minimum Gasteiger partial charge on any atom is -0.256 e. The van der Waals surface area contributed by atoms with Gasteiger partial charge < -0.3 is 0 Å². The van der Waals surface area contributed by atoms with Crippen LogP contribution in [0.5, 0.6) is 0 Å². The molecule has 0 aliphatic heterocycles. The molecule has 2 heterocycles. The van der Waals surface area contributed by atoms with Gasteiger partial charge in [-0.25, -0.2) is 0 Å². The van der Waals surface area contributed by atoms with Gasteiger partial charge in [0.05, 0.1) is 16.8 Å². The third-order valence-corrected chi connectivity index (χ3v) is 14.1. The molecule has 14 rings (SSSR count). The molecule has 0 unspecified atom stereocenters. The molecule has 2 heteroatoms. The van der Waals surface area contributed by atoms with Crippen molar-refractivity contribution in [2.45, 2.75) is 5.41 Å². The van der Waals surface area contributed by atoms with Crippen LogP contribution in [0.4, 0.5) is 0 Å². The van der Waals surface area contributed by atoms with E-state index >= 15 is 0 Å². The van der Waals surface area contributed by atoms with E-state index in [1.54, 1.807) is 0 Å². The van der Waals surface area contributed by atoms with Crippen LogP contribution in [-0.2, 0) is 5.41 Å². The zero-order chi connectivity index (χ0) is 41.2. The fourth-order valence-electron chi connectivity index (χ4n) is 11.3. The van der Waals surface area contributed by atoms with E-state index in [0.717, 1.165) is 33.6 Å². The summed E-state index contributed by atoms with van der Waals surface area (Å²) in [6.07, 6.45) is 4.13. The second-order valence-corrected chi connectivity index (χ2v) is 17.3. The average molecular weight is 797 g/mol. The Hall–Kier alpha value is -8.20. The Morgan fingerprint density at radius 1 is 0.270 bits per heavy atom. The van der Waals surface area contributed by atoms with Gasteiger partial charge in [0.2, 0.25) is 0 Å². The van der Waals surface area contributed by atoms with E-state index in [1.807, 2.05) is 0 Å². The molecular formula is C61H36N2. The van der Waals surface area contributed by atoms with Gasteiger partial charge in [0.15, 0.2) is 0 Å². The van der Waals surface area contributed by atoms with Crippen LogP contribution in [0.1, 0.15) is 22.3 Å². The van der Waals surface area contributed by atoms with E-state index in [9.17, 15) is 0 Å². The monoisotopic (exact) mass is 796 g/mol. The van der Waals surface area contributed by atoms with Gasteiger partial charge in [0, 0.05) is 34.6 Å². The maximum Gasteiger partial charge on any atom is 0.0726 e. The van der Waals surface area contributed by atoms with Crippen LogP contribution >= 0.6 is 0 Å². The molecule has 2 aliphatic rings. The van der Waals surface area contributed by atoms with Crippen LogP contribution in [0.3, 0.4) is 0 Å². The van der Waals surface area contributed by atoms with Crippen molar-refractivity contribution >= 4 is 53.9 Å². The molecule has 0 amide bonds. The summed E-state index contributed by atoms with van der Waals surface area (Å²) >= 11 is 0. The number of nitrogens with zero attached hydrogens (tertiary/aromatic N) is 2. The first-order chi connectivity index (χ1) is 31.2. The third kappa shape index (κ3) is 4.83. The summed E-state index contributed by atoms with van der Waals surface area (Å²) in [5, 5.41) is 12.6. The minimum atomic E-state index is -0.505. The molecule has 63 heavy (non-hydrogen) atoms. The molecule has 0 atom stereocenters.